The molecule has 1 aromatic heterocycles. The third-order valence-corrected chi connectivity index (χ3v) is 4.97. The lowest BCUT2D eigenvalue weighted by atomic mass is 10.1. The number of nitrogens with one attached hydrogen (secondary N) is 2. The van der Waals surface area contributed by atoms with Gasteiger partial charge in [0.1, 0.15) is 0 Å². The summed E-state index contributed by atoms with van der Waals surface area (Å²) in [6, 6.07) is 13.7. The number of hydrogen-bond acceptors (Lipinski definition) is 4. The molecular weight excluding hydrogens is 338 g/mol. The normalized spacial score (nSPS) is 11.9. The second-order valence-electron chi connectivity index (χ2n) is 5.81. The lowest BCUT2D eigenvalue weighted by Gasteiger charge is -2.04. The predicted octanol–water partition coefficient (Wildman–Crippen LogP) is 2.46. The molecule has 0 amide bonds. The Morgan fingerprint density at radius 1 is 1.00 bits per heavy atom. The van der Waals surface area contributed by atoms with Gasteiger partial charge in [-0.25, -0.2) is 4.83 Å². The van der Waals surface area contributed by atoms with Crippen LogP contribution in [0.5, 0.6) is 0 Å². The minimum Gasteiger partial charge on any atom is -0.321 e. The van der Waals surface area contributed by atoms with Crippen molar-refractivity contribution in [1.29, 1.82) is 0 Å². The molecule has 0 unspecified atom stereocenters. The molecule has 2 N–H and O–H groups in total. The Morgan fingerprint density at radius 3 is 2.40 bits per heavy atom. The van der Waals surface area contributed by atoms with Gasteiger partial charge in [0.25, 0.3) is 15.6 Å². The Bertz CT molecular complexity index is 1110. The van der Waals surface area contributed by atoms with Crippen molar-refractivity contribution in [3.63, 3.8) is 0 Å². The first kappa shape index (κ1) is 16.9. The van der Waals surface area contributed by atoms with Crippen molar-refractivity contribution in [2.75, 3.05) is 0 Å². The summed E-state index contributed by atoms with van der Waals surface area (Å²) in [5, 5.41) is 4.57. The van der Waals surface area contributed by atoms with E-state index >= 15 is 0 Å². The van der Waals surface area contributed by atoms with Gasteiger partial charge in [-0.2, -0.15) is 13.5 Å². The van der Waals surface area contributed by atoms with Crippen molar-refractivity contribution in [3.8, 4) is 0 Å². The molecule has 0 saturated heterocycles. The molecular formula is C18H17N3O3S. The quantitative estimate of drug-likeness (QED) is 0.556. The highest BCUT2D eigenvalue weighted by Crippen LogP contribution is 2.13. The summed E-state index contributed by atoms with van der Waals surface area (Å²) in [5.41, 5.74) is 2.66. The third-order valence-electron chi connectivity index (χ3n) is 3.74. The number of hydrogen-bond donors (Lipinski definition) is 2. The molecule has 1 heterocycles. The van der Waals surface area contributed by atoms with E-state index in [9.17, 15) is 13.2 Å². The zero-order valence-electron chi connectivity index (χ0n) is 13.8. The monoisotopic (exact) mass is 355 g/mol. The van der Waals surface area contributed by atoms with Gasteiger partial charge in [0.2, 0.25) is 0 Å². The standard InChI is InChI=1S/C18H17N3O3S/c1-12-3-6-16(7-4-12)25(23,24)21-19-11-15-10-14-9-13(2)5-8-17(14)20-18(15)22/h3-11,21H,1-2H3,(H,20,22)/b19-11+. The zero-order valence-corrected chi connectivity index (χ0v) is 14.6. The average molecular weight is 355 g/mol. The van der Waals surface area contributed by atoms with Crippen LogP contribution >= 0.6 is 0 Å². The van der Waals surface area contributed by atoms with Crippen LogP contribution in [0.1, 0.15) is 16.7 Å². The number of sulfonamides is 1. The predicted molar refractivity (Wildman–Crippen MR) is 98.4 cm³/mol. The molecule has 25 heavy (non-hydrogen) atoms. The highest BCUT2D eigenvalue weighted by Gasteiger charge is 2.12. The highest BCUT2D eigenvalue weighted by molar-refractivity contribution is 7.89. The van der Waals surface area contributed by atoms with Gasteiger partial charge in [-0.15, -0.1) is 0 Å². The summed E-state index contributed by atoms with van der Waals surface area (Å²) in [6.45, 7) is 3.82. The Hall–Kier alpha value is -2.93. The maximum absolute atomic E-state index is 12.2. The maximum atomic E-state index is 12.2. The minimum atomic E-state index is -3.77. The molecule has 0 radical (unpaired) electrons. The molecule has 7 heteroatoms. The lowest BCUT2D eigenvalue weighted by molar-refractivity contribution is 0.584. The first-order valence-electron chi connectivity index (χ1n) is 7.60. The number of aryl methyl sites for hydroxylation is 2. The van der Waals surface area contributed by atoms with Crippen LogP contribution in [0.4, 0.5) is 0 Å². The Balaban J connectivity index is 1.86. The maximum Gasteiger partial charge on any atom is 0.276 e. The summed E-state index contributed by atoms with van der Waals surface area (Å²) in [6.07, 6.45) is 1.20. The Morgan fingerprint density at radius 2 is 1.68 bits per heavy atom. The van der Waals surface area contributed by atoms with Crippen LogP contribution in [0.25, 0.3) is 10.9 Å². The lowest BCUT2D eigenvalue weighted by Crippen LogP contribution is -2.19. The zero-order chi connectivity index (χ0) is 18.0. The van der Waals surface area contributed by atoms with E-state index in [0.717, 1.165) is 16.5 Å². The first-order valence-corrected chi connectivity index (χ1v) is 9.09. The summed E-state index contributed by atoms with van der Waals surface area (Å²) >= 11 is 0. The van der Waals surface area contributed by atoms with E-state index in [-0.39, 0.29) is 16.0 Å². The van der Waals surface area contributed by atoms with E-state index in [0.29, 0.717) is 5.52 Å². The van der Waals surface area contributed by atoms with Crippen molar-refractivity contribution in [1.82, 2.24) is 9.82 Å². The SMILES string of the molecule is Cc1ccc(S(=O)(=O)N/N=C/c2cc3cc(C)ccc3[nH]c2=O)cc1. The number of aromatic amines is 1. The molecule has 2 aromatic carbocycles. The first-order chi connectivity index (χ1) is 11.8. The average Bonchev–Trinajstić information content (AvgIpc) is 2.56. The van der Waals surface area contributed by atoms with Crippen LogP contribution in [0.15, 0.2) is 63.3 Å². The number of hydrazone groups is 1. The van der Waals surface area contributed by atoms with E-state index < -0.39 is 10.0 Å². The molecule has 0 atom stereocenters. The molecule has 0 saturated carbocycles. The van der Waals surface area contributed by atoms with Crippen LogP contribution in [0, 0.1) is 13.8 Å². The summed E-state index contributed by atoms with van der Waals surface area (Å²) in [7, 11) is -3.77. The molecule has 0 aliphatic heterocycles. The van der Waals surface area contributed by atoms with Gasteiger partial charge in [-0.1, -0.05) is 29.3 Å². The van der Waals surface area contributed by atoms with Gasteiger partial charge in [0, 0.05) is 5.52 Å². The summed E-state index contributed by atoms with van der Waals surface area (Å²) in [4.78, 5) is 17.0. The van der Waals surface area contributed by atoms with E-state index in [2.05, 4.69) is 14.9 Å². The molecule has 0 aliphatic rings. The number of H-pyrrole nitrogens is 1. The largest absolute Gasteiger partial charge is 0.321 e. The van der Waals surface area contributed by atoms with E-state index in [1.54, 1.807) is 18.2 Å². The second kappa shape index (κ2) is 6.52. The number of aromatic nitrogens is 1. The molecule has 0 aliphatic carbocycles. The molecule has 6 nitrogen and oxygen atoms in total. The van der Waals surface area contributed by atoms with Gasteiger partial charge in [0.05, 0.1) is 16.7 Å². The van der Waals surface area contributed by atoms with Gasteiger partial charge < -0.3 is 4.98 Å². The fraction of sp³-hybridized carbons (Fsp3) is 0.111. The minimum absolute atomic E-state index is 0.110. The van der Waals surface area contributed by atoms with E-state index in [1.165, 1.54) is 18.3 Å². The number of rotatable bonds is 4. The van der Waals surface area contributed by atoms with Crippen molar-refractivity contribution >= 4 is 27.1 Å². The molecule has 3 rings (SSSR count). The fourth-order valence-electron chi connectivity index (χ4n) is 2.37. The van der Waals surface area contributed by atoms with Crippen molar-refractivity contribution < 1.29 is 8.42 Å². The molecule has 0 bridgehead atoms. The molecule has 128 valence electrons. The summed E-state index contributed by atoms with van der Waals surface area (Å²) < 4.78 is 24.3. The van der Waals surface area contributed by atoms with Crippen molar-refractivity contribution in [3.05, 3.63) is 75.6 Å². The van der Waals surface area contributed by atoms with Crippen molar-refractivity contribution in [2.45, 2.75) is 18.7 Å². The van der Waals surface area contributed by atoms with Gasteiger partial charge >= 0.3 is 0 Å². The van der Waals surface area contributed by atoms with E-state index in [4.69, 9.17) is 0 Å². The Kier molecular flexibility index (Phi) is 4.41. The van der Waals surface area contributed by atoms with Crippen LogP contribution in [-0.2, 0) is 10.0 Å². The van der Waals surface area contributed by atoms with Gasteiger partial charge in [0.15, 0.2) is 0 Å². The molecule has 0 spiro atoms. The van der Waals surface area contributed by atoms with E-state index in [1.807, 2.05) is 32.0 Å². The van der Waals surface area contributed by atoms with Gasteiger partial charge in [-0.3, -0.25) is 4.79 Å². The summed E-state index contributed by atoms with van der Waals surface area (Å²) in [5.74, 6) is 0. The molecule has 0 fully saturated rings. The fourth-order valence-corrected chi connectivity index (χ4v) is 3.17. The smallest absolute Gasteiger partial charge is 0.276 e. The van der Waals surface area contributed by atoms with Crippen LogP contribution in [0.3, 0.4) is 0 Å². The van der Waals surface area contributed by atoms with Gasteiger partial charge in [-0.05, 0) is 49.6 Å². The van der Waals surface area contributed by atoms with Crippen LogP contribution in [0.2, 0.25) is 0 Å². The van der Waals surface area contributed by atoms with Crippen LogP contribution < -0.4 is 10.4 Å². The van der Waals surface area contributed by atoms with Crippen LogP contribution in [-0.4, -0.2) is 19.6 Å². The topological polar surface area (TPSA) is 91.4 Å². The molecule has 3 aromatic rings. The third kappa shape index (κ3) is 3.77. The number of pyridine rings is 1. The number of benzene rings is 2. The Labute approximate surface area is 145 Å². The number of fused-ring (bicyclic) bond motifs is 1. The highest BCUT2D eigenvalue weighted by atomic mass is 32.2. The number of nitrogens with zero attached hydrogens (tertiary/aromatic N) is 1. The van der Waals surface area contributed by atoms with Crippen molar-refractivity contribution in [2.24, 2.45) is 5.10 Å². The second-order valence-corrected chi connectivity index (χ2v) is 7.47.